The lowest BCUT2D eigenvalue weighted by Gasteiger charge is -2.30. The quantitative estimate of drug-likeness (QED) is 0.0662. The van der Waals surface area contributed by atoms with E-state index in [1.165, 1.54) is 4.90 Å². The van der Waals surface area contributed by atoms with Gasteiger partial charge in [0.15, 0.2) is 6.10 Å². The molecule has 244 valence electrons. The number of amides is 1. The smallest absolute Gasteiger partial charge is 0.332 e. The summed E-state index contributed by atoms with van der Waals surface area (Å²) in [5.74, 6) is -0.751. The number of hydrogen-bond acceptors (Lipinski definition) is 14. The number of benzene rings is 1. The first-order chi connectivity index (χ1) is 20.5. The molecule has 0 fully saturated rings. The normalized spacial score (nSPS) is 11.7. The molecule has 1 amide bonds. The molecule has 0 aliphatic carbocycles. The van der Waals surface area contributed by atoms with Gasteiger partial charge in [0, 0.05) is 6.04 Å². The monoisotopic (exact) mass is 619 g/mol. The van der Waals surface area contributed by atoms with Crippen molar-refractivity contribution in [2.75, 3.05) is 66.0 Å². The van der Waals surface area contributed by atoms with Crippen LogP contribution in [-0.4, -0.2) is 111 Å². The van der Waals surface area contributed by atoms with Crippen LogP contribution in [0.4, 0.5) is 0 Å². The number of carbonyl (C=O) groups is 2. The first kappa shape index (κ1) is 37.2. The maximum absolute atomic E-state index is 12.8. The van der Waals surface area contributed by atoms with Gasteiger partial charge in [-0.1, -0.05) is 12.1 Å². The summed E-state index contributed by atoms with van der Waals surface area (Å²) in [5, 5.41) is 18.5. The lowest BCUT2D eigenvalue weighted by molar-refractivity contribution is -0.758. The van der Waals surface area contributed by atoms with Crippen LogP contribution < -0.4 is 4.74 Å². The van der Waals surface area contributed by atoms with Gasteiger partial charge in [0.25, 0.3) is 10.2 Å². The van der Waals surface area contributed by atoms with Crippen molar-refractivity contribution in [2.24, 2.45) is 0 Å². The fourth-order valence-electron chi connectivity index (χ4n) is 3.31. The molecule has 0 bridgehead atoms. The third-order valence-corrected chi connectivity index (χ3v) is 5.24. The Kier molecular flexibility index (Phi) is 18.9. The highest BCUT2D eigenvalue weighted by atomic mass is 17.0. The van der Waals surface area contributed by atoms with Crippen molar-refractivity contribution in [3.8, 4) is 5.75 Å². The van der Waals surface area contributed by atoms with Gasteiger partial charge in [0.1, 0.15) is 38.8 Å². The Morgan fingerprint density at radius 3 is 1.95 bits per heavy atom. The second kappa shape index (κ2) is 21.8. The molecule has 0 heterocycles. The fraction of sp³-hybridized carbons (Fsp3) is 0.692. The molecule has 17 heteroatoms. The summed E-state index contributed by atoms with van der Waals surface area (Å²) < 4.78 is 32.6. The Morgan fingerprint density at radius 2 is 1.40 bits per heavy atom. The van der Waals surface area contributed by atoms with Gasteiger partial charge in [-0.25, -0.2) is 4.79 Å². The van der Waals surface area contributed by atoms with Crippen LogP contribution in [0.15, 0.2) is 24.3 Å². The Labute approximate surface area is 249 Å². The van der Waals surface area contributed by atoms with E-state index in [9.17, 15) is 29.8 Å². The molecule has 1 aromatic carbocycles. The minimum Gasteiger partial charge on any atom is -0.490 e. The van der Waals surface area contributed by atoms with Crippen LogP contribution in [0.1, 0.15) is 33.3 Å². The minimum absolute atomic E-state index is 0.0637. The van der Waals surface area contributed by atoms with Gasteiger partial charge in [-0.2, -0.15) is 0 Å². The highest BCUT2D eigenvalue weighted by Gasteiger charge is 2.25. The standard InChI is InChI=1S/C26H41N3O14/c1-20(2)27(25(30)18-37-10-13-41-28(32)33)15-24(43-26(31)19-38-11-14-42-29(34)35)17-40-23-7-5-22(6-8-23)16-36-9-12-39-21(3)4/h5-8,20-21,24H,9-19H2,1-4H3. The number of nitrogens with zero attached hydrogens (tertiary/aromatic N) is 3. The fourth-order valence-corrected chi connectivity index (χ4v) is 3.31. The van der Waals surface area contributed by atoms with Gasteiger partial charge in [-0.05, 0) is 45.4 Å². The predicted molar refractivity (Wildman–Crippen MR) is 147 cm³/mol. The number of ether oxygens (including phenoxy) is 6. The summed E-state index contributed by atoms with van der Waals surface area (Å²) >= 11 is 0. The lowest BCUT2D eigenvalue weighted by atomic mass is 10.2. The molecule has 1 unspecified atom stereocenters. The highest BCUT2D eigenvalue weighted by molar-refractivity contribution is 5.78. The molecule has 0 saturated carbocycles. The SMILES string of the molecule is CC(C)OCCOCc1ccc(OCC(CN(C(=O)COCCO[N+](=O)[O-])C(C)C)OC(=O)COCCO[N+](=O)[O-])cc1. The largest absolute Gasteiger partial charge is 0.490 e. The van der Waals surface area contributed by atoms with Crippen LogP contribution in [-0.2, 0) is 49.6 Å². The third kappa shape index (κ3) is 19.1. The molecule has 1 aromatic rings. The third-order valence-electron chi connectivity index (χ3n) is 5.24. The van der Waals surface area contributed by atoms with Crippen LogP contribution in [0.25, 0.3) is 0 Å². The van der Waals surface area contributed by atoms with E-state index in [4.69, 9.17) is 28.4 Å². The molecule has 1 atom stereocenters. The number of esters is 1. The molecule has 0 spiro atoms. The first-order valence-electron chi connectivity index (χ1n) is 13.6. The van der Waals surface area contributed by atoms with Crippen LogP contribution in [0, 0.1) is 20.2 Å². The Bertz CT molecular complexity index is 961. The van der Waals surface area contributed by atoms with Crippen molar-refractivity contribution in [2.45, 2.75) is 52.6 Å². The van der Waals surface area contributed by atoms with Gasteiger partial charge in [-0.3, -0.25) is 4.79 Å². The lowest BCUT2D eigenvalue weighted by Crippen LogP contribution is -2.47. The van der Waals surface area contributed by atoms with E-state index in [0.717, 1.165) is 5.56 Å². The van der Waals surface area contributed by atoms with Crippen molar-refractivity contribution < 1.29 is 57.9 Å². The average Bonchev–Trinajstić information content (AvgIpc) is 2.93. The molecule has 43 heavy (non-hydrogen) atoms. The summed E-state index contributed by atoms with van der Waals surface area (Å²) in [6.07, 6.45) is -0.799. The maximum atomic E-state index is 12.8. The zero-order valence-corrected chi connectivity index (χ0v) is 24.9. The van der Waals surface area contributed by atoms with Gasteiger partial charge in [0.05, 0.1) is 45.7 Å². The van der Waals surface area contributed by atoms with Crippen molar-refractivity contribution in [1.82, 2.24) is 4.90 Å². The van der Waals surface area contributed by atoms with Gasteiger partial charge in [-0.15, -0.1) is 20.2 Å². The number of rotatable bonds is 25. The Balaban J connectivity index is 2.74. The summed E-state index contributed by atoms with van der Waals surface area (Å²) in [6, 6.07) is 6.78. The van der Waals surface area contributed by atoms with Crippen LogP contribution >= 0.6 is 0 Å². The van der Waals surface area contributed by atoms with E-state index in [-0.39, 0.29) is 58.3 Å². The second-order valence-corrected chi connectivity index (χ2v) is 9.40. The first-order valence-corrected chi connectivity index (χ1v) is 13.6. The van der Waals surface area contributed by atoms with E-state index in [1.807, 2.05) is 26.0 Å². The molecular formula is C26H41N3O14. The van der Waals surface area contributed by atoms with E-state index in [0.29, 0.717) is 25.6 Å². The highest BCUT2D eigenvalue weighted by Crippen LogP contribution is 2.15. The van der Waals surface area contributed by atoms with E-state index < -0.39 is 34.8 Å². The van der Waals surface area contributed by atoms with Crippen molar-refractivity contribution >= 4 is 11.9 Å². The second-order valence-electron chi connectivity index (χ2n) is 9.40. The molecule has 0 aromatic heterocycles. The van der Waals surface area contributed by atoms with Crippen LogP contribution in [0.2, 0.25) is 0 Å². The zero-order chi connectivity index (χ0) is 32.0. The average molecular weight is 620 g/mol. The molecule has 1 rings (SSSR count). The number of carbonyl (C=O) groups excluding carboxylic acids is 2. The van der Waals surface area contributed by atoms with Crippen molar-refractivity contribution in [3.63, 3.8) is 0 Å². The summed E-state index contributed by atoms with van der Waals surface area (Å²) in [5.41, 5.74) is 0.915. The molecule has 0 saturated heterocycles. The van der Waals surface area contributed by atoms with E-state index in [1.54, 1.807) is 26.0 Å². The topological polar surface area (TPSA) is 198 Å². The van der Waals surface area contributed by atoms with Gasteiger partial charge in [0.2, 0.25) is 5.91 Å². The molecule has 0 radical (unpaired) electrons. The molecule has 0 aliphatic rings. The summed E-state index contributed by atoms with van der Waals surface area (Å²) in [7, 11) is 0. The summed E-state index contributed by atoms with van der Waals surface area (Å²) in [6.45, 7) is 6.58. The maximum Gasteiger partial charge on any atom is 0.332 e. The predicted octanol–water partition coefficient (Wildman–Crippen LogP) is 1.61. The zero-order valence-electron chi connectivity index (χ0n) is 24.9. The molecular weight excluding hydrogens is 578 g/mol. The van der Waals surface area contributed by atoms with Crippen LogP contribution in [0.3, 0.4) is 0 Å². The minimum atomic E-state index is -0.978. The Morgan fingerprint density at radius 1 is 0.814 bits per heavy atom. The van der Waals surface area contributed by atoms with Crippen LogP contribution in [0.5, 0.6) is 5.75 Å². The Hall–Kier alpha value is -3.80. The van der Waals surface area contributed by atoms with Crippen molar-refractivity contribution in [3.05, 3.63) is 50.1 Å². The molecule has 0 N–H and O–H groups in total. The van der Waals surface area contributed by atoms with Gasteiger partial charge < -0.3 is 43.0 Å². The van der Waals surface area contributed by atoms with Crippen molar-refractivity contribution in [1.29, 1.82) is 0 Å². The molecule has 17 nitrogen and oxygen atoms in total. The van der Waals surface area contributed by atoms with E-state index in [2.05, 4.69) is 9.68 Å². The van der Waals surface area contributed by atoms with Gasteiger partial charge >= 0.3 is 5.97 Å². The number of hydrogen-bond donors (Lipinski definition) is 0. The molecule has 0 aliphatic heterocycles. The summed E-state index contributed by atoms with van der Waals surface area (Å²) in [4.78, 5) is 55.4. The van der Waals surface area contributed by atoms with E-state index >= 15 is 0 Å².